The van der Waals surface area contributed by atoms with E-state index in [0.29, 0.717) is 29.1 Å². The molecule has 10 heteroatoms. The fourth-order valence-corrected chi connectivity index (χ4v) is 5.01. The van der Waals surface area contributed by atoms with Gasteiger partial charge in [-0.25, -0.2) is 4.79 Å². The number of nitrogens with zero attached hydrogens (tertiary/aromatic N) is 1. The van der Waals surface area contributed by atoms with Crippen LogP contribution in [0.4, 0.5) is 5.69 Å². The molecule has 182 valence electrons. The number of ether oxygens (including phenoxy) is 2. The number of esters is 2. The fraction of sp³-hybridized carbons (Fsp3) is 0.458. The summed E-state index contributed by atoms with van der Waals surface area (Å²) in [6, 6.07) is 5.85. The van der Waals surface area contributed by atoms with E-state index in [1.54, 1.807) is 31.7 Å². The number of hydrogen-bond donors (Lipinski definition) is 1. The Hall–Kier alpha value is -3.14. The predicted molar refractivity (Wildman–Crippen MR) is 127 cm³/mol. The van der Waals surface area contributed by atoms with E-state index in [-0.39, 0.29) is 29.4 Å². The molecule has 0 saturated heterocycles. The van der Waals surface area contributed by atoms with Gasteiger partial charge in [-0.3, -0.25) is 19.7 Å². The van der Waals surface area contributed by atoms with Crippen molar-refractivity contribution >= 4 is 35.2 Å². The fourth-order valence-electron chi connectivity index (χ4n) is 4.52. The number of benzene rings is 1. The predicted octanol–water partition coefficient (Wildman–Crippen LogP) is 3.50. The minimum Gasteiger partial charge on any atom is -0.468 e. The van der Waals surface area contributed by atoms with Gasteiger partial charge in [0.1, 0.15) is 12.5 Å². The first-order valence-corrected chi connectivity index (χ1v) is 12.2. The van der Waals surface area contributed by atoms with E-state index in [0.717, 1.165) is 5.75 Å². The zero-order valence-electron chi connectivity index (χ0n) is 19.6. The molecule has 9 nitrogen and oxygen atoms in total. The largest absolute Gasteiger partial charge is 0.468 e. The highest BCUT2D eigenvalue weighted by molar-refractivity contribution is 7.99. The van der Waals surface area contributed by atoms with Crippen molar-refractivity contribution in [2.75, 3.05) is 25.2 Å². The third-order valence-electron chi connectivity index (χ3n) is 6.04. The maximum Gasteiger partial charge on any atom is 0.336 e. The Morgan fingerprint density at radius 1 is 1.32 bits per heavy atom. The number of nitro groups is 1. The highest BCUT2D eigenvalue weighted by Gasteiger charge is 2.47. The van der Waals surface area contributed by atoms with Gasteiger partial charge in [0.25, 0.3) is 5.69 Å². The number of methoxy groups -OCH3 is 1. The second-order valence-electron chi connectivity index (χ2n) is 8.22. The molecule has 0 amide bonds. The number of Topliss-reactive ketones (excluding diaryl/α,β-unsaturated/α-hetero) is 1. The summed E-state index contributed by atoms with van der Waals surface area (Å²) >= 11 is 1.63. The average Bonchev–Trinajstić information content (AvgIpc) is 2.80. The normalized spacial score (nSPS) is 22.1. The van der Waals surface area contributed by atoms with E-state index in [2.05, 4.69) is 5.32 Å². The number of ketones is 1. The molecule has 0 bridgehead atoms. The average molecular weight is 489 g/mol. The first kappa shape index (κ1) is 25.5. The van der Waals surface area contributed by atoms with Crippen molar-refractivity contribution in [1.82, 2.24) is 5.32 Å². The van der Waals surface area contributed by atoms with Crippen LogP contribution in [0.2, 0.25) is 0 Å². The van der Waals surface area contributed by atoms with Crippen LogP contribution in [0.25, 0.3) is 0 Å². The maximum atomic E-state index is 13.6. The number of carbonyl (C=O) groups is 3. The summed E-state index contributed by atoms with van der Waals surface area (Å²) in [7, 11) is 1.23. The molecule has 0 radical (unpaired) electrons. The molecule has 0 spiro atoms. The number of nitrogens with one attached hydrogen (secondary N) is 1. The molecule has 0 aromatic heterocycles. The van der Waals surface area contributed by atoms with Crippen molar-refractivity contribution in [2.24, 2.45) is 11.8 Å². The van der Waals surface area contributed by atoms with E-state index >= 15 is 0 Å². The Kier molecular flexibility index (Phi) is 8.14. The number of hydrogen-bond acceptors (Lipinski definition) is 9. The lowest BCUT2D eigenvalue weighted by molar-refractivity contribution is -0.384. The topological polar surface area (TPSA) is 125 Å². The van der Waals surface area contributed by atoms with Crippen LogP contribution >= 0.6 is 11.8 Å². The molecular weight excluding hydrogens is 460 g/mol. The van der Waals surface area contributed by atoms with Crippen LogP contribution < -0.4 is 5.32 Å². The molecule has 3 rings (SSSR count). The number of carbonyl (C=O) groups excluding carboxylic acids is 3. The van der Waals surface area contributed by atoms with Gasteiger partial charge in [-0.1, -0.05) is 26.0 Å². The molecule has 1 aromatic rings. The Balaban J connectivity index is 2.12. The third-order valence-corrected chi connectivity index (χ3v) is 6.91. The Bertz CT molecular complexity index is 1080. The molecule has 0 fully saturated rings. The zero-order chi connectivity index (χ0) is 25.0. The second-order valence-corrected chi connectivity index (χ2v) is 9.61. The quantitative estimate of drug-likeness (QED) is 0.192. The van der Waals surface area contributed by atoms with Gasteiger partial charge in [0, 0.05) is 40.8 Å². The molecule has 1 heterocycles. The monoisotopic (exact) mass is 488 g/mol. The van der Waals surface area contributed by atoms with Crippen molar-refractivity contribution in [3.05, 3.63) is 62.5 Å². The first-order chi connectivity index (χ1) is 16.2. The van der Waals surface area contributed by atoms with Gasteiger partial charge >= 0.3 is 11.9 Å². The molecule has 3 atom stereocenters. The van der Waals surface area contributed by atoms with Gasteiger partial charge in [0.05, 0.1) is 17.6 Å². The van der Waals surface area contributed by atoms with E-state index in [9.17, 15) is 24.5 Å². The van der Waals surface area contributed by atoms with Crippen LogP contribution in [-0.4, -0.2) is 47.9 Å². The van der Waals surface area contributed by atoms with E-state index in [1.165, 1.54) is 25.3 Å². The minimum atomic E-state index is -1.02. The van der Waals surface area contributed by atoms with Gasteiger partial charge in [-0.15, -0.1) is 0 Å². The van der Waals surface area contributed by atoms with E-state index in [4.69, 9.17) is 9.47 Å². The number of allylic oxidation sites excluding steroid dienone is 3. The van der Waals surface area contributed by atoms with Gasteiger partial charge in [-0.2, -0.15) is 11.8 Å². The summed E-state index contributed by atoms with van der Waals surface area (Å²) in [6.07, 6.45) is 0.388. The van der Waals surface area contributed by atoms with Crippen molar-refractivity contribution in [1.29, 1.82) is 0 Å². The molecule has 1 N–H and O–H groups in total. The van der Waals surface area contributed by atoms with Gasteiger partial charge in [0.2, 0.25) is 0 Å². The Morgan fingerprint density at radius 2 is 2.06 bits per heavy atom. The summed E-state index contributed by atoms with van der Waals surface area (Å²) in [5.41, 5.74) is 1.81. The summed E-state index contributed by atoms with van der Waals surface area (Å²) in [5.74, 6) is -2.45. The van der Waals surface area contributed by atoms with Crippen molar-refractivity contribution in [3.63, 3.8) is 0 Å². The van der Waals surface area contributed by atoms with E-state index < -0.39 is 34.5 Å². The second kappa shape index (κ2) is 10.9. The van der Waals surface area contributed by atoms with Crippen LogP contribution in [0.3, 0.4) is 0 Å². The molecule has 34 heavy (non-hydrogen) atoms. The lowest BCUT2D eigenvalue weighted by Crippen LogP contribution is -2.43. The van der Waals surface area contributed by atoms with Gasteiger partial charge in [0.15, 0.2) is 5.78 Å². The van der Waals surface area contributed by atoms with E-state index in [1.807, 2.05) is 6.92 Å². The minimum absolute atomic E-state index is 0.163. The van der Waals surface area contributed by atoms with Crippen LogP contribution in [-0.2, 0) is 23.9 Å². The number of nitro benzene ring substituents is 1. The highest BCUT2D eigenvalue weighted by Crippen LogP contribution is 2.45. The molecule has 1 aromatic carbocycles. The first-order valence-electron chi connectivity index (χ1n) is 11.0. The summed E-state index contributed by atoms with van der Waals surface area (Å²) < 4.78 is 10.4. The standard InChI is InChI=1S/C24H28N2O7S/c1-5-34-10-9-33-24(29)19-14(3)25-17-11-13(2)18(23(28)32-4)22(27)21(17)20(19)15-7-6-8-16(12-15)26(30)31/h6-8,12-13,18,20,25H,5,9-11H2,1-4H3/t13-,18+,20+/m1/s1. The third kappa shape index (κ3) is 5.01. The van der Waals surface area contributed by atoms with Crippen LogP contribution in [0.1, 0.15) is 38.7 Å². The molecule has 0 unspecified atom stereocenters. The Morgan fingerprint density at radius 3 is 2.71 bits per heavy atom. The highest BCUT2D eigenvalue weighted by atomic mass is 32.2. The van der Waals surface area contributed by atoms with Crippen LogP contribution in [0.5, 0.6) is 0 Å². The van der Waals surface area contributed by atoms with Crippen molar-refractivity contribution in [2.45, 2.75) is 33.1 Å². The van der Waals surface area contributed by atoms with Gasteiger partial charge in [-0.05, 0) is 30.6 Å². The number of non-ortho nitro benzene ring substituents is 1. The molecule has 1 aliphatic carbocycles. The number of dihydropyridines is 1. The number of rotatable bonds is 8. The Labute approximate surface area is 202 Å². The maximum absolute atomic E-state index is 13.6. The summed E-state index contributed by atoms with van der Waals surface area (Å²) in [6.45, 7) is 5.70. The number of thioether (sulfide) groups is 1. The molecule has 0 saturated carbocycles. The lowest BCUT2D eigenvalue weighted by atomic mass is 9.69. The SMILES string of the molecule is CCSCCOC(=O)C1=C(C)NC2=C(C(=O)[C@@H](C(=O)OC)[C@H](C)C2)[C@H]1c1cccc([N+](=O)[O-])c1. The zero-order valence-corrected chi connectivity index (χ0v) is 20.4. The van der Waals surface area contributed by atoms with Gasteiger partial charge < -0.3 is 14.8 Å². The summed E-state index contributed by atoms with van der Waals surface area (Å²) in [4.78, 5) is 50.2. The summed E-state index contributed by atoms with van der Waals surface area (Å²) in [5, 5.41) is 14.6. The van der Waals surface area contributed by atoms with Crippen LogP contribution in [0.15, 0.2) is 46.8 Å². The van der Waals surface area contributed by atoms with Crippen molar-refractivity contribution in [3.8, 4) is 0 Å². The molecule has 2 aliphatic rings. The van der Waals surface area contributed by atoms with Crippen molar-refractivity contribution < 1.29 is 28.8 Å². The lowest BCUT2D eigenvalue weighted by Gasteiger charge is -2.38. The smallest absolute Gasteiger partial charge is 0.336 e. The molecular formula is C24H28N2O7S. The van der Waals surface area contributed by atoms with Crippen LogP contribution in [0, 0.1) is 22.0 Å². The molecule has 1 aliphatic heterocycles.